The molecular weight excluding hydrogens is 365 g/mol. The minimum Gasteiger partial charge on any atom is -0.335 e. The molecule has 0 spiro atoms. The average molecular weight is 376 g/mol. The van der Waals surface area contributed by atoms with Gasteiger partial charge in [0.2, 0.25) is 0 Å². The third-order valence-corrected chi connectivity index (χ3v) is 7.08. The van der Waals surface area contributed by atoms with Gasteiger partial charge in [-0.25, -0.2) is 8.42 Å². The number of sulfone groups is 1. The fraction of sp³-hybridized carbons (Fsp3) is 0.214. The van der Waals surface area contributed by atoms with Crippen LogP contribution in [0.2, 0.25) is 9.36 Å². The van der Waals surface area contributed by atoms with Crippen molar-refractivity contribution >= 4 is 50.3 Å². The molecular formula is C14H11Cl2NO3S2. The van der Waals surface area contributed by atoms with E-state index in [1.807, 2.05) is 0 Å². The zero-order valence-electron chi connectivity index (χ0n) is 11.2. The lowest BCUT2D eigenvalue weighted by Crippen LogP contribution is -2.56. The van der Waals surface area contributed by atoms with Gasteiger partial charge in [-0.2, -0.15) is 0 Å². The standard InChI is InChI=1S/C14H11Cl2NO3S2/c15-9-1-3-10(4-2-9)22(19,20)11-7-17(8-11)14(18)12-5-6-13(16)21-12/h1-6,11H,7-8H2. The topological polar surface area (TPSA) is 54.5 Å². The van der Waals surface area contributed by atoms with Crippen LogP contribution in [0.15, 0.2) is 41.3 Å². The van der Waals surface area contributed by atoms with Gasteiger partial charge in [0.1, 0.15) is 5.25 Å². The highest BCUT2D eigenvalue weighted by Gasteiger charge is 2.41. The van der Waals surface area contributed by atoms with Gasteiger partial charge in [-0.05, 0) is 36.4 Å². The van der Waals surface area contributed by atoms with Crippen LogP contribution in [-0.2, 0) is 9.84 Å². The van der Waals surface area contributed by atoms with Gasteiger partial charge in [0.05, 0.1) is 14.1 Å². The molecule has 1 aromatic carbocycles. The van der Waals surface area contributed by atoms with Crippen molar-refractivity contribution in [2.45, 2.75) is 10.1 Å². The maximum Gasteiger partial charge on any atom is 0.264 e. The van der Waals surface area contributed by atoms with E-state index in [2.05, 4.69) is 0 Å². The number of amides is 1. The van der Waals surface area contributed by atoms with Crippen molar-refractivity contribution in [2.75, 3.05) is 13.1 Å². The molecule has 1 aliphatic heterocycles. The second-order valence-electron chi connectivity index (χ2n) is 4.93. The Morgan fingerprint density at radius 3 is 2.27 bits per heavy atom. The van der Waals surface area contributed by atoms with Gasteiger partial charge in [-0.1, -0.05) is 23.2 Å². The first-order valence-electron chi connectivity index (χ1n) is 6.42. The summed E-state index contributed by atoms with van der Waals surface area (Å²) >= 11 is 12.8. The van der Waals surface area contributed by atoms with Crippen molar-refractivity contribution in [1.82, 2.24) is 4.90 Å². The third-order valence-electron chi connectivity index (χ3n) is 3.50. The Bertz CT molecular complexity index is 809. The lowest BCUT2D eigenvalue weighted by molar-refractivity contribution is 0.0664. The zero-order chi connectivity index (χ0) is 15.9. The number of likely N-dealkylation sites (tertiary alicyclic amines) is 1. The number of rotatable bonds is 3. The largest absolute Gasteiger partial charge is 0.335 e. The molecule has 1 aromatic heterocycles. The zero-order valence-corrected chi connectivity index (χ0v) is 14.3. The molecule has 2 aromatic rings. The number of hydrogen-bond acceptors (Lipinski definition) is 4. The summed E-state index contributed by atoms with van der Waals surface area (Å²) in [6.45, 7) is 0.388. The summed E-state index contributed by atoms with van der Waals surface area (Å²) in [7, 11) is -3.44. The molecule has 0 N–H and O–H groups in total. The second kappa shape index (κ2) is 5.85. The van der Waals surface area contributed by atoms with E-state index in [0.29, 0.717) is 14.2 Å². The van der Waals surface area contributed by atoms with Crippen molar-refractivity contribution in [3.05, 3.63) is 50.6 Å². The van der Waals surface area contributed by atoms with Crippen molar-refractivity contribution in [3.63, 3.8) is 0 Å². The minimum absolute atomic E-state index is 0.181. The molecule has 0 radical (unpaired) electrons. The van der Waals surface area contributed by atoms with Gasteiger partial charge < -0.3 is 4.90 Å². The van der Waals surface area contributed by atoms with E-state index in [0.717, 1.165) is 0 Å². The Morgan fingerprint density at radius 1 is 1.09 bits per heavy atom. The van der Waals surface area contributed by atoms with Crippen LogP contribution in [0.1, 0.15) is 9.67 Å². The molecule has 2 heterocycles. The summed E-state index contributed by atoms with van der Waals surface area (Å²) in [5.74, 6) is -0.181. The average Bonchev–Trinajstić information content (AvgIpc) is 2.84. The van der Waals surface area contributed by atoms with Gasteiger partial charge in [0, 0.05) is 18.1 Å². The number of halogens is 2. The fourth-order valence-electron chi connectivity index (χ4n) is 2.20. The molecule has 4 nitrogen and oxygen atoms in total. The minimum atomic E-state index is -3.44. The molecule has 1 saturated heterocycles. The molecule has 8 heteroatoms. The van der Waals surface area contributed by atoms with Crippen LogP contribution in [0.3, 0.4) is 0 Å². The van der Waals surface area contributed by atoms with Crippen LogP contribution in [0.5, 0.6) is 0 Å². The van der Waals surface area contributed by atoms with E-state index in [1.54, 1.807) is 24.3 Å². The predicted octanol–water partition coefficient (Wildman–Crippen LogP) is 3.35. The van der Waals surface area contributed by atoms with Gasteiger partial charge in [0.15, 0.2) is 9.84 Å². The first-order chi connectivity index (χ1) is 10.4. The molecule has 0 atom stereocenters. The lowest BCUT2D eigenvalue weighted by atomic mass is 10.2. The van der Waals surface area contributed by atoms with Crippen molar-refractivity contribution in [2.24, 2.45) is 0 Å². The van der Waals surface area contributed by atoms with Crippen LogP contribution < -0.4 is 0 Å². The fourth-order valence-corrected chi connectivity index (χ4v) is 4.99. The summed E-state index contributed by atoms with van der Waals surface area (Å²) in [6.07, 6.45) is 0. The second-order valence-corrected chi connectivity index (χ2v) is 9.31. The number of nitrogens with zero attached hydrogens (tertiary/aromatic N) is 1. The Balaban J connectivity index is 1.70. The van der Waals surface area contributed by atoms with E-state index in [4.69, 9.17) is 23.2 Å². The maximum atomic E-state index is 12.4. The van der Waals surface area contributed by atoms with Crippen LogP contribution in [0, 0.1) is 0 Å². The first kappa shape index (κ1) is 15.8. The molecule has 0 aliphatic carbocycles. The molecule has 22 heavy (non-hydrogen) atoms. The number of thiophene rings is 1. The lowest BCUT2D eigenvalue weighted by Gasteiger charge is -2.38. The van der Waals surface area contributed by atoms with Crippen LogP contribution in [0.25, 0.3) is 0 Å². The highest BCUT2D eigenvalue weighted by molar-refractivity contribution is 7.92. The van der Waals surface area contributed by atoms with Crippen molar-refractivity contribution in [3.8, 4) is 0 Å². The normalized spacial score (nSPS) is 15.6. The third kappa shape index (κ3) is 2.88. The molecule has 1 fully saturated rings. The van der Waals surface area contributed by atoms with E-state index < -0.39 is 15.1 Å². The molecule has 3 rings (SSSR count). The van der Waals surface area contributed by atoms with Crippen molar-refractivity contribution < 1.29 is 13.2 Å². The van der Waals surface area contributed by atoms with Crippen LogP contribution >= 0.6 is 34.5 Å². The van der Waals surface area contributed by atoms with E-state index in [-0.39, 0.29) is 23.9 Å². The Labute approximate surface area is 142 Å². The number of hydrogen-bond donors (Lipinski definition) is 0. The Hall–Kier alpha value is -1.08. The number of carbonyl (C=O) groups excluding carboxylic acids is 1. The van der Waals surface area contributed by atoms with Gasteiger partial charge >= 0.3 is 0 Å². The summed E-state index contributed by atoms with van der Waals surface area (Å²) in [5, 5.41) is -0.0907. The van der Waals surface area contributed by atoms with Gasteiger partial charge in [0.25, 0.3) is 5.91 Å². The number of carbonyl (C=O) groups is 1. The molecule has 0 bridgehead atoms. The Morgan fingerprint density at radius 2 is 1.73 bits per heavy atom. The first-order valence-corrected chi connectivity index (χ1v) is 9.54. The quantitative estimate of drug-likeness (QED) is 0.826. The summed E-state index contributed by atoms with van der Waals surface area (Å²) in [5.41, 5.74) is 0. The molecule has 116 valence electrons. The number of benzene rings is 1. The van der Waals surface area contributed by atoms with E-state index in [1.165, 1.54) is 28.4 Å². The predicted molar refractivity (Wildman–Crippen MR) is 87.7 cm³/mol. The summed E-state index contributed by atoms with van der Waals surface area (Å²) < 4.78 is 25.4. The SMILES string of the molecule is O=C(c1ccc(Cl)s1)N1CC(S(=O)(=O)c2ccc(Cl)cc2)C1. The van der Waals surface area contributed by atoms with E-state index in [9.17, 15) is 13.2 Å². The maximum absolute atomic E-state index is 12.4. The molecule has 1 amide bonds. The monoisotopic (exact) mass is 375 g/mol. The van der Waals surface area contributed by atoms with Gasteiger partial charge in [-0.3, -0.25) is 4.79 Å². The summed E-state index contributed by atoms with van der Waals surface area (Å²) in [4.78, 5) is 14.4. The molecule has 0 saturated carbocycles. The van der Waals surface area contributed by atoms with Crippen molar-refractivity contribution in [1.29, 1.82) is 0 Å². The highest BCUT2D eigenvalue weighted by atomic mass is 35.5. The smallest absolute Gasteiger partial charge is 0.264 e. The highest BCUT2D eigenvalue weighted by Crippen LogP contribution is 2.28. The summed E-state index contributed by atoms with van der Waals surface area (Å²) in [6, 6.07) is 9.37. The Kier molecular flexibility index (Phi) is 4.20. The van der Waals surface area contributed by atoms with E-state index >= 15 is 0 Å². The van der Waals surface area contributed by atoms with Crippen LogP contribution in [0.4, 0.5) is 0 Å². The molecule has 1 aliphatic rings. The molecule has 0 unspecified atom stereocenters. The van der Waals surface area contributed by atoms with Crippen LogP contribution in [-0.4, -0.2) is 37.6 Å². The van der Waals surface area contributed by atoms with Gasteiger partial charge in [-0.15, -0.1) is 11.3 Å².